The molecule has 0 saturated heterocycles. The van der Waals surface area contributed by atoms with Crippen molar-refractivity contribution >= 4 is 5.57 Å². The SMILES string of the molecule is C=C/C=C(\C=C)c1nc(-c2ccccc2)nc(-c2cccc(-c3ccc(-c4cccc(C)n4)cc3)c2)n1. The lowest BCUT2D eigenvalue weighted by atomic mass is 10.0. The molecule has 3 aromatic carbocycles. The van der Waals surface area contributed by atoms with E-state index in [2.05, 4.69) is 54.5 Å². The lowest BCUT2D eigenvalue weighted by molar-refractivity contribution is 1.04. The van der Waals surface area contributed by atoms with Gasteiger partial charge in [-0.3, -0.25) is 4.98 Å². The van der Waals surface area contributed by atoms with Gasteiger partial charge < -0.3 is 0 Å². The highest BCUT2D eigenvalue weighted by Gasteiger charge is 2.13. The number of benzene rings is 3. The third-order valence-corrected chi connectivity index (χ3v) is 5.97. The first-order chi connectivity index (χ1) is 18.1. The Hall–Kier alpha value is -4.96. The predicted molar refractivity (Wildman–Crippen MR) is 152 cm³/mol. The lowest BCUT2D eigenvalue weighted by Crippen LogP contribution is -2.02. The van der Waals surface area contributed by atoms with Crippen LogP contribution in [0.3, 0.4) is 0 Å². The van der Waals surface area contributed by atoms with E-state index in [1.807, 2.05) is 73.7 Å². The molecule has 0 aliphatic heterocycles. The van der Waals surface area contributed by atoms with Crippen LogP contribution in [0.1, 0.15) is 11.5 Å². The van der Waals surface area contributed by atoms with Gasteiger partial charge in [0.05, 0.1) is 5.69 Å². The van der Waals surface area contributed by atoms with Gasteiger partial charge in [-0.1, -0.05) is 110 Å². The van der Waals surface area contributed by atoms with Crippen molar-refractivity contribution in [2.24, 2.45) is 0 Å². The van der Waals surface area contributed by atoms with Crippen molar-refractivity contribution in [1.29, 1.82) is 0 Å². The highest BCUT2D eigenvalue weighted by molar-refractivity contribution is 5.76. The fraction of sp³-hybridized carbons (Fsp3) is 0.0303. The molecule has 0 amide bonds. The fourth-order valence-electron chi connectivity index (χ4n) is 4.09. The minimum Gasteiger partial charge on any atom is -0.253 e. The smallest absolute Gasteiger partial charge is 0.164 e. The molecule has 4 nitrogen and oxygen atoms in total. The molecule has 0 unspecified atom stereocenters. The molecule has 0 aliphatic rings. The Balaban J connectivity index is 1.56. The summed E-state index contributed by atoms with van der Waals surface area (Å²) in [5.74, 6) is 1.76. The molecule has 0 aliphatic carbocycles. The second-order valence-corrected chi connectivity index (χ2v) is 8.56. The summed E-state index contributed by atoms with van der Waals surface area (Å²) in [6.45, 7) is 9.74. The first kappa shape index (κ1) is 23.8. The van der Waals surface area contributed by atoms with Crippen LogP contribution in [0.2, 0.25) is 0 Å². The molecule has 0 atom stereocenters. The molecule has 0 N–H and O–H groups in total. The van der Waals surface area contributed by atoms with Crippen LogP contribution in [-0.2, 0) is 0 Å². The Labute approximate surface area is 217 Å². The number of rotatable bonds is 7. The Kier molecular flexibility index (Phi) is 6.91. The van der Waals surface area contributed by atoms with E-state index in [1.165, 1.54) is 0 Å². The zero-order valence-electron chi connectivity index (χ0n) is 20.7. The number of aromatic nitrogens is 4. The summed E-state index contributed by atoms with van der Waals surface area (Å²) >= 11 is 0. The largest absolute Gasteiger partial charge is 0.253 e. The van der Waals surface area contributed by atoms with Gasteiger partial charge in [-0.25, -0.2) is 15.0 Å². The first-order valence-electron chi connectivity index (χ1n) is 12.1. The minimum atomic E-state index is 0.555. The molecule has 0 spiro atoms. The molecule has 37 heavy (non-hydrogen) atoms. The van der Waals surface area contributed by atoms with Gasteiger partial charge in [0, 0.05) is 28.0 Å². The summed E-state index contributed by atoms with van der Waals surface area (Å²) in [4.78, 5) is 19.0. The van der Waals surface area contributed by atoms with Gasteiger partial charge in [0.25, 0.3) is 0 Å². The third kappa shape index (κ3) is 5.34. The normalized spacial score (nSPS) is 11.2. The molecule has 0 saturated carbocycles. The Morgan fingerprint density at radius 3 is 1.95 bits per heavy atom. The van der Waals surface area contributed by atoms with E-state index in [0.717, 1.165) is 44.8 Å². The van der Waals surface area contributed by atoms with E-state index in [1.54, 1.807) is 12.2 Å². The van der Waals surface area contributed by atoms with Crippen molar-refractivity contribution in [3.8, 4) is 45.2 Å². The van der Waals surface area contributed by atoms with Crippen LogP contribution in [-0.4, -0.2) is 19.9 Å². The van der Waals surface area contributed by atoms with Crippen LogP contribution < -0.4 is 0 Å². The standard InChI is InChI=1S/C33H26N4/c1-4-11-24(5-2)31-35-32(27-13-7-6-8-14-27)37-33(36-31)29-16-10-15-28(22-29)25-18-20-26(21-19-25)30-17-9-12-23(3)34-30/h4-22H,1-2H2,3H3/b24-11+. The van der Waals surface area contributed by atoms with E-state index in [-0.39, 0.29) is 0 Å². The molecule has 5 aromatic rings. The number of hydrogen-bond donors (Lipinski definition) is 0. The summed E-state index contributed by atoms with van der Waals surface area (Å²) in [6, 6.07) is 32.7. The van der Waals surface area contributed by atoms with Crippen molar-refractivity contribution in [3.63, 3.8) is 0 Å². The summed E-state index contributed by atoms with van der Waals surface area (Å²) < 4.78 is 0. The zero-order chi connectivity index (χ0) is 25.6. The van der Waals surface area contributed by atoms with E-state index in [0.29, 0.717) is 17.5 Å². The second-order valence-electron chi connectivity index (χ2n) is 8.56. The van der Waals surface area contributed by atoms with Gasteiger partial charge in [-0.05, 0) is 36.2 Å². The predicted octanol–water partition coefficient (Wildman–Crippen LogP) is 8.00. The molecule has 0 bridgehead atoms. The van der Waals surface area contributed by atoms with E-state index < -0.39 is 0 Å². The summed E-state index contributed by atoms with van der Waals surface area (Å²) in [6.07, 6.45) is 5.29. The number of nitrogens with zero attached hydrogens (tertiary/aromatic N) is 4. The molecule has 0 radical (unpaired) electrons. The molecule has 178 valence electrons. The van der Waals surface area contributed by atoms with Crippen LogP contribution >= 0.6 is 0 Å². The Morgan fingerprint density at radius 2 is 1.24 bits per heavy atom. The van der Waals surface area contributed by atoms with Crippen LogP contribution in [0.25, 0.3) is 50.7 Å². The molecular weight excluding hydrogens is 452 g/mol. The first-order valence-corrected chi connectivity index (χ1v) is 12.1. The number of pyridine rings is 1. The van der Waals surface area contributed by atoms with E-state index >= 15 is 0 Å². The number of hydrogen-bond acceptors (Lipinski definition) is 4. The van der Waals surface area contributed by atoms with Crippen LogP contribution in [0.4, 0.5) is 0 Å². The highest BCUT2D eigenvalue weighted by atomic mass is 15.0. The van der Waals surface area contributed by atoms with Crippen molar-refractivity contribution in [1.82, 2.24) is 19.9 Å². The van der Waals surface area contributed by atoms with Crippen molar-refractivity contribution in [2.45, 2.75) is 6.92 Å². The molecule has 2 heterocycles. The molecule has 5 rings (SSSR count). The molecule has 0 fully saturated rings. The second kappa shape index (κ2) is 10.8. The van der Waals surface area contributed by atoms with Gasteiger partial charge in [-0.15, -0.1) is 0 Å². The van der Waals surface area contributed by atoms with Crippen LogP contribution in [0.5, 0.6) is 0 Å². The van der Waals surface area contributed by atoms with Gasteiger partial charge in [0.2, 0.25) is 0 Å². The number of allylic oxidation sites excluding steroid dienone is 4. The molecule has 2 aromatic heterocycles. The number of aryl methyl sites for hydroxylation is 1. The monoisotopic (exact) mass is 478 g/mol. The summed E-state index contributed by atoms with van der Waals surface area (Å²) in [7, 11) is 0. The van der Waals surface area contributed by atoms with Crippen molar-refractivity contribution < 1.29 is 0 Å². The van der Waals surface area contributed by atoms with E-state index in [9.17, 15) is 0 Å². The van der Waals surface area contributed by atoms with Gasteiger partial charge in [0.1, 0.15) is 0 Å². The van der Waals surface area contributed by atoms with Gasteiger partial charge in [-0.2, -0.15) is 0 Å². The maximum Gasteiger partial charge on any atom is 0.164 e. The molecule has 4 heteroatoms. The Bertz CT molecular complexity index is 1600. The Morgan fingerprint density at radius 1 is 0.595 bits per heavy atom. The van der Waals surface area contributed by atoms with Crippen molar-refractivity contribution in [2.75, 3.05) is 0 Å². The maximum absolute atomic E-state index is 4.83. The lowest BCUT2D eigenvalue weighted by Gasteiger charge is -2.10. The van der Waals surface area contributed by atoms with Crippen LogP contribution in [0.15, 0.2) is 128 Å². The fourth-order valence-corrected chi connectivity index (χ4v) is 4.09. The average Bonchev–Trinajstić information content (AvgIpc) is 2.96. The zero-order valence-corrected chi connectivity index (χ0v) is 20.7. The minimum absolute atomic E-state index is 0.555. The maximum atomic E-state index is 4.83. The average molecular weight is 479 g/mol. The van der Waals surface area contributed by atoms with Gasteiger partial charge >= 0.3 is 0 Å². The summed E-state index contributed by atoms with van der Waals surface area (Å²) in [5.41, 5.74) is 7.86. The van der Waals surface area contributed by atoms with Gasteiger partial charge in [0.15, 0.2) is 17.5 Å². The van der Waals surface area contributed by atoms with Crippen LogP contribution in [0, 0.1) is 6.92 Å². The highest BCUT2D eigenvalue weighted by Crippen LogP contribution is 2.29. The third-order valence-electron chi connectivity index (χ3n) is 5.97. The topological polar surface area (TPSA) is 51.6 Å². The van der Waals surface area contributed by atoms with Crippen molar-refractivity contribution in [3.05, 3.63) is 140 Å². The quantitative estimate of drug-likeness (QED) is 0.222. The molecular formula is C33H26N4. The summed E-state index contributed by atoms with van der Waals surface area (Å²) in [5, 5.41) is 0. The van der Waals surface area contributed by atoms with E-state index in [4.69, 9.17) is 15.0 Å².